The average molecular weight is 273 g/mol. The van der Waals surface area contributed by atoms with Gasteiger partial charge in [-0.15, -0.1) is 11.6 Å². The topological polar surface area (TPSA) is 37.3 Å². The van der Waals surface area contributed by atoms with Crippen molar-refractivity contribution in [2.24, 2.45) is 0 Å². The molecule has 2 nitrogen and oxygen atoms in total. The van der Waals surface area contributed by atoms with Crippen molar-refractivity contribution in [3.8, 4) is 5.75 Å². The van der Waals surface area contributed by atoms with Crippen LogP contribution >= 0.6 is 23.2 Å². The van der Waals surface area contributed by atoms with Crippen molar-refractivity contribution in [2.75, 3.05) is 5.88 Å². The maximum Gasteiger partial charge on any atom is 0.419 e. The van der Waals surface area contributed by atoms with Crippen molar-refractivity contribution in [3.05, 3.63) is 28.3 Å². The molecular weight excluding hydrogens is 268 g/mol. The van der Waals surface area contributed by atoms with E-state index in [-0.39, 0.29) is 5.02 Å². The van der Waals surface area contributed by atoms with Crippen LogP contribution in [0.2, 0.25) is 5.02 Å². The van der Waals surface area contributed by atoms with Crippen LogP contribution in [0.4, 0.5) is 13.2 Å². The van der Waals surface area contributed by atoms with E-state index in [0.29, 0.717) is 6.07 Å². The van der Waals surface area contributed by atoms with Crippen LogP contribution in [-0.2, 0) is 6.18 Å². The third-order valence-electron chi connectivity index (χ3n) is 1.83. The van der Waals surface area contributed by atoms with Crippen molar-refractivity contribution >= 4 is 29.0 Å². The highest BCUT2D eigenvalue weighted by Crippen LogP contribution is 2.40. The summed E-state index contributed by atoms with van der Waals surface area (Å²) >= 11 is 10.7. The number of phenolic OH excluding ortho intramolecular Hbond substituents is 1. The highest BCUT2D eigenvalue weighted by atomic mass is 35.5. The number of benzene rings is 1. The van der Waals surface area contributed by atoms with Crippen LogP contribution in [0.25, 0.3) is 0 Å². The Hall–Kier alpha value is -0.940. The third kappa shape index (κ3) is 2.41. The van der Waals surface area contributed by atoms with Gasteiger partial charge in [0.2, 0.25) is 0 Å². The first-order chi connectivity index (χ1) is 7.29. The van der Waals surface area contributed by atoms with E-state index in [1.807, 2.05) is 0 Å². The van der Waals surface area contributed by atoms with Gasteiger partial charge in [-0.3, -0.25) is 4.79 Å². The van der Waals surface area contributed by atoms with E-state index in [1.165, 1.54) is 0 Å². The average Bonchev–Trinajstić information content (AvgIpc) is 2.15. The van der Waals surface area contributed by atoms with Gasteiger partial charge in [-0.25, -0.2) is 0 Å². The molecule has 0 aromatic heterocycles. The normalized spacial score (nSPS) is 11.6. The number of carbonyl (C=O) groups is 1. The molecule has 1 aromatic rings. The Labute approximate surface area is 98.6 Å². The second-order valence-corrected chi connectivity index (χ2v) is 3.55. The van der Waals surface area contributed by atoms with E-state index in [4.69, 9.17) is 23.2 Å². The van der Waals surface area contributed by atoms with Crippen LogP contribution in [-0.4, -0.2) is 16.8 Å². The molecule has 0 saturated heterocycles. The van der Waals surface area contributed by atoms with Gasteiger partial charge >= 0.3 is 6.18 Å². The lowest BCUT2D eigenvalue weighted by Crippen LogP contribution is -2.10. The summed E-state index contributed by atoms with van der Waals surface area (Å²) in [4.78, 5) is 11.2. The van der Waals surface area contributed by atoms with Crippen LogP contribution in [0.5, 0.6) is 5.75 Å². The van der Waals surface area contributed by atoms with E-state index < -0.39 is 34.7 Å². The molecule has 0 unspecified atom stereocenters. The number of carbonyl (C=O) groups excluding carboxylic acids is 1. The summed E-state index contributed by atoms with van der Waals surface area (Å²) in [5, 5.41) is 9.06. The summed E-state index contributed by atoms with van der Waals surface area (Å²) in [6.07, 6.45) is -4.75. The Morgan fingerprint density at radius 2 is 1.94 bits per heavy atom. The number of alkyl halides is 4. The monoisotopic (exact) mass is 272 g/mol. The van der Waals surface area contributed by atoms with E-state index in [2.05, 4.69) is 0 Å². The summed E-state index contributed by atoms with van der Waals surface area (Å²) in [5.74, 6) is -2.62. The molecule has 0 heterocycles. The summed E-state index contributed by atoms with van der Waals surface area (Å²) in [7, 11) is 0. The van der Waals surface area contributed by atoms with Crippen LogP contribution < -0.4 is 0 Å². The zero-order valence-electron chi connectivity index (χ0n) is 7.61. The number of phenols is 1. The van der Waals surface area contributed by atoms with Crippen molar-refractivity contribution in [3.63, 3.8) is 0 Å². The number of rotatable bonds is 2. The van der Waals surface area contributed by atoms with Crippen molar-refractivity contribution in [2.45, 2.75) is 6.18 Å². The van der Waals surface area contributed by atoms with Gasteiger partial charge in [0.15, 0.2) is 5.78 Å². The molecule has 1 N–H and O–H groups in total. The van der Waals surface area contributed by atoms with Gasteiger partial charge in [0.25, 0.3) is 0 Å². The standard InChI is InChI=1S/C9H5Cl2F3O2/c10-3-6(15)7-5(11)2-1-4(8(7)16)9(12,13)14/h1-2,16H,3H2. The lowest BCUT2D eigenvalue weighted by atomic mass is 10.1. The molecule has 0 aliphatic heterocycles. The molecule has 1 aromatic carbocycles. The highest BCUT2D eigenvalue weighted by Gasteiger charge is 2.36. The fraction of sp³-hybridized carbons (Fsp3) is 0.222. The maximum absolute atomic E-state index is 12.4. The lowest BCUT2D eigenvalue weighted by Gasteiger charge is -2.12. The molecular formula is C9H5Cl2F3O2. The highest BCUT2D eigenvalue weighted by molar-refractivity contribution is 6.37. The fourth-order valence-electron chi connectivity index (χ4n) is 1.13. The summed E-state index contributed by atoms with van der Waals surface area (Å²) < 4.78 is 37.1. The SMILES string of the molecule is O=C(CCl)c1c(Cl)ccc(C(F)(F)F)c1O. The van der Waals surface area contributed by atoms with Crippen LogP contribution in [0.1, 0.15) is 15.9 Å². The number of hydrogen-bond acceptors (Lipinski definition) is 2. The number of aromatic hydroxyl groups is 1. The number of halogens is 5. The minimum Gasteiger partial charge on any atom is -0.506 e. The molecule has 0 spiro atoms. The molecule has 0 aliphatic rings. The molecule has 88 valence electrons. The minimum absolute atomic E-state index is 0.267. The summed E-state index contributed by atoms with van der Waals surface area (Å²) in [6, 6.07) is 1.49. The van der Waals surface area contributed by atoms with Crippen molar-refractivity contribution < 1.29 is 23.1 Å². The van der Waals surface area contributed by atoms with E-state index in [0.717, 1.165) is 6.07 Å². The minimum atomic E-state index is -4.75. The van der Waals surface area contributed by atoms with E-state index >= 15 is 0 Å². The van der Waals surface area contributed by atoms with Crippen molar-refractivity contribution in [1.29, 1.82) is 0 Å². The van der Waals surface area contributed by atoms with Gasteiger partial charge in [-0.2, -0.15) is 13.2 Å². The first-order valence-corrected chi connectivity index (χ1v) is 4.88. The molecule has 0 bridgehead atoms. The Bertz CT molecular complexity index is 429. The Morgan fingerprint density at radius 3 is 2.38 bits per heavy atom. The summed E-state index contributed by atoms with van der Waals surface area (Å²) in [5.41, 5.74) is -1.92. The first-order valence-electron chi connectivity index (χ1n) is 3.97. The largest absolute Gasteiger partial charge is 0.506 e. The van der Waals surface area contributed by atoms with Crippen LogP contribution in [0.3, 0.4) is 0 Å². The van der Waals surface area contributed by atoms with Gasteiger partial charge in [-0.05, 0) is 12.1 Å². The van der Waals surface area contributed by atoms with Crippen molar-refractivity contribution in [1.82, 2.24) is 0 Å². The van der Waals surface area contributed by atoms with Crippen LogP contribution in [0.15, 0.2) is 12.1 Å². The molecule has 0 radical (unpaired) electrons. The second kappa shape index (κ2) is 4.51. The molecule has 0 fully saturated rings. The molecule has 0 atom stereocenters. The zero-order valence-corrected chi connectivity index (χ0v) is 9.12. The van der Waals surface area contributed by atoms with Gasteiger partial charge < -0.3 is 5.11 Å². The number of ketones is 1. The lowest BCUT2D eigenvalue weighted by molar-refractivity contribution is -0.138. The molecule has 16 heavy (non-hydrogen) atoms. The van der Waals surface area contributed by atoms with Gasteiger partial charge in [0.1, 0.15) is 5.75 Å². The van der Waals surface area contributed by atoms with Gasteiger partial charge in [-0.1, -0.05) is 11.6 Å². The Balaban J connectivity index is 3.45. The number of hydrogen-bond donors (Lipinski definition) is 1. The number of Topliss-reactive ketones (excluding diaryl/α,β-unsaturated/α-hetero) is 1. The molecule has 7 heteroatoms. The second-order valence-electron chi connectivity index (χ2n) is 2.87. The Morgan fingerprint density at radius 1 is 1.38 bits per heavy atom. The quantitative estimate of drug-likeness (QED) is 0.661. The van der Waals surface area contributed by atoms with Gasteiger partial charge in [0, 0.05) is 0 Å². The third-order valence-corrected chi connectivity index (χ3v) is 2.39. The fourth-order valence-corrected chi connectivity index (χ4v) is 1.52. The van der Waals surface area contributed by atoms with Crippen LogP contribution in [0, 0.1) is 0 Å². The van der Waals surface area contributed by atoms with E-state index in [1.54, 1.807) is 0 Å². The molecule has 0 aliphatic carbocycles. The summed E-state index contributed by atoms with van der Waals surface area (Å²) in [6.45, 7) is 0. The molecule has 0 amide bonds. The molecule has 0 saturated carbocycles. The predicted octanol–water partition coefficient (Wildman–Crippen LogP) is 3.49. The Kier molecular flexibility index (Phi) is 3.70. The van der Waals surface area contributed by atoms with E-state index in [9.17, 15) is 23.1 Å². The maximum atomic E-state index is 12.4. The smallest absolute Gasteiger partial charge is 0.419 e. The zero-order chi connectivity index (χ0) is 12.5. The molecule has 1 rings (SSSR count). The van der Waals surface area contributed by atoms with Gasteiger partial charge in [0.05, 0.1) is 22.0 Å². The predicted molar refractivity (Wildman–Crippen MR) is 53.2 cm³/mol. The first kappa shape index (κ1) is 13.1.